The van der Waals surface area contributed by atoms with Crippen molar-refractivity contribution in [1.82, 2.24) is 0 Å². The van der Waals surface area contributed by atoms with Crippen LogP contribution in [0.1, 0.15) is 34.1 Å². The van der Waals surface area contributed by atoms with E-state index in [0.717, 1.165) is 44.8 Å². The first-order valence-corrected chi connectivity index (χ1v) is 12.4. The van der Waals surface area contributed by atoms with E-state index in [9.17, 15) is 9.59 Å². The van der Waals surface area contributed by atoms with E-state index in [1.54, 1.807) is 28.7 Å². The molecule has 0 aliphatic heterocycles. The van der Waals surface area contributed by atoms with Crippen molar-refractivity contribution in [2.24, 2.45) is 0 Å². The number of rotatable bonds is 5. The van der Waals surface area contributed by atoms with Gasteiger partial charge >= 0.3 is 5.97 Å². The molecule has 7 heteroatoms. The summed E-state index contributed by atoms with van der Waals surface area (Å²) in [5.41, 5.74) is 3.08. The molecule has 2 aromatic heterocycles. The fourth-order valence-electron chi connectivity index (χ4n) is 3.26. The summed E-state index contributed by atoms with van der Waals surface area (Å²) in [6.45, 7) is 1.88. The molecule has 2 heterocycles. The molecule has 4 rings (SSSR count). The number of methoxy groups -OCH3 is 1. The second-order valence-electron chi connectivity index (χ2n) is 6.60. The van der Waals surface area contributed by atoms with Crippen molar-refractivity contribution in [1.29, 1.82) is 0 Å². The third kappa shape index (κ3) is 4.04. The first-order chi connectivity index (χ1) is 14.4. The molecule has 0 radical (unpaired) electrons. The smallest absolute Gasteiger partial charge is 0.338 e. The van der Waals surface area contributed by atoms with Crippen LogP contribution >= 0.6 is 54.5 Å². The quantitative estimate of drug-likeness (QED) is 0.181. The van der Waals surface area contributed by atoms with Gasteiger partial charge in [-0.3, -0.25) is 4.79 Å². The Hall–Kier alpha value is -1.80. The lowest BCUT2D eigenvalue weighted by Gasteiger charge is -2.07. The normalized spacial score (nSPS) is 11.1. The van der Waals surface area contributed by atoms with Gasteiger partial charge in [-0.25, -0.2) is 4.79 Å². The molecule has 0 fully saturated rings. The van der Waals surface area contributed by atoms with Gasteiger partial charge in [-0.15, -0.1) is 22.7 Å². The number of benzene rings is 2. The van der Waals surface area contributed by atoms with Crippen molar-refractivity contribution in [3.63, 3.8) is 0 Å². The Bertz CT molecular complexity index is 1160. The fraction of sp³-hybridized carbons (Fsp3) is 0.130. The summed E-state index contributed by atoms with van der Waals surface area (Å²) in [6.07, 6.45) is 0.465. The minimum atomic E-state index is -0.360. The Kier molecular flexibility index (Phi) is 6.25. The van der Waals surface area contributed by atoms with Gasteiger partial charge in [-0.1, -0.05) is 50.9 Å². The molecule has 0 aliphatic rings. The zero-order chi connectivity index (χ0) is 21.4. The summed E-state index contributed by atoms with van der Waals surface area (Å²) < 4.78 is 8.93. The Labute approximate surface area is 199 Å². The topological polar surface area (TPSA) is 43.4 Å². The fourth-order valence-corrected chi connectivity index (χ4v) is 6.46. The van der Waals surface area contributed by atoms with Crippen molar-refractivity contribution in [3.8, 4) is 20.9 Å². The molecular formula is C23H16Br2O3S2. The van der Waals surface area contributed by atoms with E-state index in [1.807, 2.05) is 37.3 Å². The van der Waals surface area contributed by atoms with E-state index in [-0.39, 0.29) is 11.8 Å². The van der Waals surface area contributed by atoms with Gasteiger partial charge in [0.05, 0.1) is 12.7 Å². The molecule has 0 atom stereocenters. The standard InChI is InChI=1S/C23H16Br2O3S2/c1-3-18(26)16-8-12(24)4-6-14(16)19-10-21-22(29-19)11-20(30-21)15-7-5-13(25)9-17(15)23(27)28-2/h4-11H,3H2,1-2H3. The molecule has 0 unspecified atom stereocenters. The first-order valence-electron chi connectivity index (χ1n) is 9.16. The van der Waals surface area contributed by atoms with Crippen molar-refractivity contribution in [2.45, 2.75) is 13.3 Å². The van der Waals surface area contributed by atoms with Gasteiger partial charge < -0.3 is 4.74 Å². The molecule has 0 saturated carbocycles. The number of Topliss-reactive ketones (excluding diaryl/α,β-unsaturated/α-hetero) is 1. The number of ketones is 1. The van der Waals surface area contributed by atoms with Gasteiger partial charge in [0.15, 0.2) is 5.78 Å². The molecule has 0 amide bonds. The van der Waals surface area contributed by atoms with Gasteiger partial charge in [-0.2, -0.15) is 0 Å². The van der Waals surface area contributed by atoms with Crippen LogP contribution in [0.3, 0.4) is 0 Å². The predicted molar refractivity (Wildman–Crippen MR) is 132 cm³/mol. The zero-order valence-electron chi connectivity index (χ0n) is 16.1. The summed E-state index contributed by atoms with van der Waals surface area (Å²) in [4.78, 5) is 26.8. The molecule has 0 aliphatic carbocycles. The highest BCUT2D eigenvalue weighted by Gasteiger charge is 2.19. The highest BCUT2D eigenvalue weighted by atomic mass is 79.9. The highest BCUT2D eigenvalue weighted by molar-refractivity contribution is 9.10. The maximum atomic E-state index is 12.4. The van der Waals surface area contributed by atoms with Gasteiger partial charge in [0, 0.05) is 51.2 Å². The molecule has 30 heavy (non-hydrogen) atoms. The van der Waals surface area contributed by atoms with E-state index in [0.29, 0.717) is 12.0 Å². The number of hydrogen-bond donors (Lipinski definition) is 0. The summed E-state index contributed by atoms with van der Waals surface area (Å²) in [6, 6.07) is 15.7. The molecule has 2 aromatic carbocycles. The zero-order valence-corrected chi connectivity index (χ0v) is 20.9. The van der Waals surface area contributed by atoms with E-state index >= 15 is 0 Å². The number of carbonyl (C=O) groups excluding carboxylic acids is 2. The minimum absolute atomic E-state index is 0.126. The van der Waals surface area contributed by atoms with Gasteiger partial charge in [0.2, 0.25) is 0 Å². The molecular weight excluding hydrogens is 548 g/mol. The van der Waals surface area contributed by atoms with Crippen LogP contribution in [-0.2, 0) is 4.74 Å². The number of hydrogen-bond acceptors (Lipinski definition) is 5. The number of carbonyl (C=O) groups is 2. The lowest BCUT2D eigenvalue weighted by Crippen LogP contribution is -2.03. The van der Waals surface area contributed by atoms with E-state index in [2.05, 4.69) is 44.0 Å². The number of thiophene rings is 2. The van der Waals surface area contributed by atoms with Gasteiger partial charge in [-0.05, 0) is 36.4 Å². The van der Waals surface area contributed by atoms with Crippen molar-refractivity contribution in [2.75, 3.05) is 7.11 Å². The number of fused-ring (bicyclic) bond motifs is 1. The third-order valence-corrected chi connectivity index (χ3v) is 8.07. The lowest BCUT2D eigenvalue weighted by atomic mass is 10.0. The maximum Gasteiger partial charge on any atom is 0.338 e. The van der Waals surface area contributed by atoms with E-state index < -0.39 is 0 Å². The van der Waals surface area contributed by atoms with Crippen LogP contribution in [0.25, 0.3) is 30.3 Å². The predicted octanol–water partition coefficient (Wildman–Crippen LogP) is 8.20. The molecule has 0 bridgehead atoms. The van der Waals surface area contributed by atoms with Gasteiger partial charge in [0.25, 0.3) is 0 Å². The number of ether oxygens (including phenoxy) is 1. The van der Waals surface area contributed by atoms with E-state index in [4.69, 9.17) is 4.74 Å². The van der Waals surface area contributed by atoms with Crippen LogP contribution < -0.4 is 0 Å². The molecule has 0 N–H and O–H groups in total. The third-order valence-electron chi connectivity index (χ3n) is 4.73. The average Bonchev–Trinajstić information content (AvgIpc) is 3.31. The summed E-state index contributed by atoms with van der Waals surface area (Å²) >= 11 is 10.2. The van der Waals surface area contributed by atoms with Crippen LogP contribution in [0.2, 0.25) is 0 Å². The van der Waals surface area contributed by atoms with Gasteiger partial charge in [0.1, 0.15) is 0 Å². The molecule has 0 spiro atoms. The van der Waals surface area contributed by atoms with Crippen LogP contribution in [0, 0.1) is 0 Å². The second-order valence-corrected chi connectivity index (χ2v) is 10.6. The largest absolute Gasteiger partial charge is 0.465 e. The number of halogens is 2. The van der Waals surface area contributed by atoms with Crippen molar-refractivity contribution < 1.29 is 14.3 Å². The van der Waals surface area contributed by atoms with Crippen molar-refractivity contribution >= 4 is 75.7 Å². The summed E-state index contributed by atoms with van der Waals surface area (Å²) in [7, 11) is 1.39. The van der Waals surface area contributed by atoms with Crippen LogP contribution in [0.4, 0.5) is 0 Å². The minimum Gasteiger partial charge on any atom is -0.465 e. The first kappa shape index (κ1) is 21.4. The molecule has 4 aromatic rings. The Morgan fingerprint density at radius 3 is 1.83 bits per heavy atom. The maximum absolute atomic E-state index is 12.4. The van der Waals surface area contributed by atoms with E-state index in [1.165, 1.54) is 7.11 Å². The number of esters is 1. The molecule has 0 saturated heterocycles. The Balaban J connectivity index is 1.79. The van der Waals surface area contributed by atoms with Crippen molar-refractivity contribution in [3.05, 3.63) is 68.6 Å². The SMILES string of the molecule is CCC(=O)c1cc(Br)ccc1-c1cc2sc(-c3ccc(Br)cc3C(=O)OC)cc2s1. The average molecular weight is 564 g/mol. The lowest BCUT2D eigenvalue weighted by molar-refractivity contribution is 0.0601. The monoisotopic (exact) mass is 562 g/mol. The highest BCUT2D eigenvalue weighted by Crippen LogP contribution is 2.44. The molecule has 3 nitrogen and oxygen atoms in total. The summed E-state index contributed by atoms with van der Waals surface area (Å²) in [5.74, 6) is -0.234. The summed E-state index contributed by atoms with van der Waals surface area (Å²) in [5, 5.41) is 0. The van der Waals surface area contributed by atoms with Crippen LogP contribution in [0.5, 0.6) is 0 Å². The Morgan fingerprint density at radius 2 is 1.33 bits per heavy atom. The van der Waals surface area contributed by atoms with Crippen LogP contribution in [-0.4, -0.2) is 18.9 Å². The molecule has 152 valence electrons. The Morgan fingerprint density at radius 1 is 0.833 bits per heavy atom. The van der Waals surface area contributed by atoms with Crippen LogP contribution in [0.15, 0.2) is 57.5 Å². The second kappa shape index (κ2) is 8.75.